The first-order valence-corrected chi connectivity index (χ1v) is 6.04. The summed E-state index contributed by atoms with van der Waals surface area (Å²) in [6, 6.07) is 0. The average molecular weight is 181 g/mol. The fraction of sp³-hybridized carbons (Fsp3) is 1.00. The van der Waals surface area contributed by atoms with Gasteiger partial charge in [0.1, 0.15) is 0 Å². The Labute approximate surface area is 82.3 Å². The minimum absolute atomic E-state index is 1.07. The maximum atomic E-state index is 3.25. The predicted octanol–water partition coefficient (Wildman–Crippen LogP) is 2.81. The molecule has 0 saturated heterocycles. The van der Waals surface area contributed by atoms with Gasteiger partial charge in [-0.1, -0.05) is 25.7 Å². The summed E-state index contributed by atoms with van der Waals surface area (Å²) in [6.07, 6.45) is 10.6. The highest BCUT2D eigenvalue weighted by molar-refractivity contribution is 4.86. The van der Waals surface area contributed by atoms with Crippen LogP contribution in [-0.4, -0.2) is 13.6 Å². The van der Waals surface area contributed by atoms with E-state index in [-0.39, 0.29) is 0 Å². The first kappa shape index (κ1) is 9.51. The van der Waals surface area contributed by atoms with Crippen molar-refractivity contribution in [3.63, 3.8) is 0 Å². The second-order valence-electron chi connectivity index (χ2n) is 5.03. The molecular weight excluding hydrogens is 158 g/mol. The highest BCUT2D eigenvalue weighted by Gasteiger charge is 2.35. The van der Waals surface area contributed by atoms with Crippen molar-refractivity contribution >= 4 is 0 Å². The summed E-state index contributed by atoms with van der Waals surface area (Å²) in [5, 5.41) is 3.25. The predicted molar refractivity (Wildman–Crippen MR) is 56.7 cm³/mol. The van der Waals surface area contributed by atoms with Gasteiger partial charge >= 0.3 is 0 Å². The number of hydrogen-bond donors (Lipinski definition) is 1. The Kier molecular flexibility index (Phi) is 3.26. The summed E-state index contributed by atoms with van der Waals surface area (Å²) in [5.41, 5.74) is 0. The SMILES string of the molecule is CNCCC1CC(C2CCCC2)C1. The van der Waals surface area contributed by atoms with E-state index >= 15 is 0 Å². The highest BCUT2D eigenvalue weighted by atomic mass is 14.8. The Morgan fingerprint density at radius 1 is 1.08 bits per heavy atom. The molecule has 76 valence electrons. The van der Waals surface area contributed by atoms with E-state index in [1.807, 2.05) is 0 Å². The van der Waals surface area contributed by atoms with Gasteiger partial charge in [-0.3, -0.25) is 0 Å². The molecule has 0 aromatic rings. The van der Waals surface area contributed by atoms with Gasteiger partial charge in [-0.05, 0) is 50.6 Å². The quantitative estimate of drug-likeness (QED) is 0.703. The van der Waals surface area contributed by atoms with E-state index in [0.29, 0.717) is 0 Å². The van der Waals surface area contributed by atoms with Crippen LogP contribution >= 0.6 is 0 Å². The van der Waals surface area contributed by atoms with Gasteiger partial charge in [-0.15, -0.1) is 0 Å². The molecule has 2 fully saturated rings. The van der Waals surface area contributed by atoms with Crippen LogP contribution in [-0.2, 0) is 0 Å². The van der Waals surface area contributed by atoms with E-state index < -0.39 is 0 Å². The lowest BCUT2D eigenvalue weighted by atomic mass is 9.67. The van der Waals surface area contributed by atoms with Gasteiger partial charge in [0.05, 0.1) is 0 Å². The molecule has 1 heteroatoms. The monoisotopic (exact) mass is 181 g/mol. The van der Waals surface area contributed by atoms with Crippen molar-refractivity contribution in [1.29, 1.82) is 0 Å². The zero-order valence-corrected chi connectivity index (χ0v) is 8.89. The van der Waals surface area contributed by atoms with Crippen molar-refractivity contribution < 1.29 is 0 Å². The molecule has 2 aliphatic carbocycles. The van der Waals surface area contributed by atoms with Crippen molar-refractivity contribution in [2.24, 2.45) is 17.8 Å². The maximum absolute atomic E-state index is 3.25. The molecule has 2 saturated carbocycles. The molecule has 0 bridgehead atoms. The molecule has 1 N–H and O–H groups in total. The van der Waals surface area contributed by atoms with Gasteiger partial charge in [0, 0.05) is 0 Å². The van der Waals surface area contributed by atoms with E-state index in [1.165, 1.54) is 25.8 Å². The topological polar surface area (TPSA) is 12.0 Å². The summed E-state index contributed by atoms with van der Waals surface area (Å²) >= 11 is 0. The lowest BCUT2D eigenvalue weighted by Gasteiger charge is -2.39. The van der Waals surface area contributed by atoms with Crippen LogP contribution in [0.15, 0.2) is 0 Å². The Morgan fingerprint density at radius 2 is 1.77 bits per heavy atom. The summed E-state index contributed by atoms with van der Waals surface area (Å²) in [5.74, 6) is 3.33. The van der Waals surface area contributed by atoms with Gasteiger partial charge in [-0.2, -0.15) is 0 Å². The average Bonchev–Trinajstić information content (AvgIpc) is 2.54. The third-order valence-corrected chi connectivity index (χ3v) is 4.14. The fourth-order valence-electron chi connectivity index (χ4n) is 3.19. The molecule has 0 atom stereocenters. The van der Waals surface area contributed by atoms with Crippen molar-refractivity contribution in [2.75, 3.05) is 13.6 Å². The minimum Gasteiger partial charge on any atom is -0.320 e. The number of rotatable bonds is 4. The van der Waals surface area contributed by atoms with E-state index in [2.05, 4.69) is 12.4 Å². The molecule has 0 amide bonds. The second kappa shape index (κ2) is 4.45. The number of nitrogens with one attached hydrogen (secondary N) is 1. The number of hydrogen-bond acceptors (Lipinski definition) is 1. The molecule has 1 nitrogen and oxygen atoms in total. The Morgan fingerprint density at radius 3 is 2.38 bits per heavy atom. The molecule has 0 radical (unpaired) electrons. The molecule has 0 aliphatic heterocycles. The van der Waals surface area contributed by atoms with Crippen LogP contribution < -0.4 is 5.32 Å². The largest absolute Gasteiger partial charge is 0.320 e. The van der Waals surface area contributed by atoms with Gasteiger partial charge in [0.25, 0.3) is 0 Å². The molecule has 0 aromatic heterocycles. The summed E-state index contributed by atoms with van der Waals surface area (Å²) in [4.78, 5) is 0. The normalized spacial score (nSPS) is 34.8. The van der Waals surface area contributed by atoms with Crippen LogP contribution in [0, 0.1) is 17.8 Å². The zero-order chi connectivity index (χ0) is 9.10. The van der Waals surface area contributed by atoms with Crippen molar-refractivity contribution in [3.05, 3.63) is 0 Å². The van der Waals surface area contributed by atoms with Crippen LogP contribution in [0.2, 0.25) is 0 Å². The van der Waals surface area contributed by atoms with Crippen molar-refractivity contribution in [1.82, 2.24) is 5.32 Å². The van der Waals surface area contributed by atoms with E-state index in [9.17, 15) is 0 Å². The second-order valence-corrected chi connectivity index (χ2v) is 5.03. The fourth-order valence-corrected chi connectivity index (χ4v) is 3.19. The Bertz CT molecular complexity index is 143. The van der Waals surface area contributed by atoms with E-state index in [1.54, 1.807) is 25.7 Å². The first-order valence-electron chi connectivity index (χ1n) is 6.04. The standard InChI is InChI=1S/C12H23N/c1-13-7-6-10-8-12(9-10)11-4-2-3-5-11/h10-13H,2-9H2,1H3. The molecule has 0 unspecified atom stereocenters. The van der Waals surface area contributed by atoms with Gasteiger partial charge in [0.2, 0.25) is 0 Å². The van der Waals surface area contributed by atoms with Crippen molar-refractivity contribution in [2.45, 2.75) is 44.9 Å². The van der Waals surface area contributed by atoms with Gasteiger partial charge < -0.3 is 5.32 Å². The van der Waals surface area contributed by atoms with Crippen LogP contribution in [0.1, 0.15) is 44.9 Å². The Hall–Kier alpha value is -0.0400. The smallest absolute Gasteiger partial charge is 0.00493 e. The third-order valence-electron chi connectivity index (χ3n) is 4.14. The lowest BCUT2D eigenvalue weighted by Crippen LogP contribution is -2.30. The molecule has 13 heavy (non-hydrogen) atoms. The molecule has 2 aliphatic rings. The maximum Gasteiger partial charge on any atom is -0.00493 e. The molecule has 0 aromatic carbocycles. The van der Waals surface area contributed by atoms with Crippen molar-refractivity contribution in [3.8, 4) is 0 Å². The molecule has 0 heterocycles. The molecule has 2 rings (SSSR count). The minimum atomic E-state index is 1.07. The molecular formula is C12H23N. The van der Waals surface area contributed by atoms with E-state index in [4.69, 9.17) is 0 Å². The van der Waals surface area contributed by atoms with Crippen LogP contribution in [0.4, 0.5) is 0 Å². The lowest BCUT2D eigenvalue weighted by molar-refractivity contribution is 0.119. The summed E-state index contributed by atoms with van der Waals surface area (Å²) < 4.78 is 0. The summed E-state index contributed by atoms with van der Waals surface area (Å²) in [7, 11) is 2.06. The molecule has 0 spiro atoms. The highest BCUT2D eigenvalue weighted by Crippen LogP contribution is 2.46. The first-order chi connectivity index (χ1) is 6.40. The summed E-state index contributed by atoms with van der Waals surface area (Å²) in [6.45, 7) is 1.22. The van der Waals surface area contributed by atoms with Crippen LogP contribution in [0.5, 0.6) is 0 Å². The zero-order valence-electron chi connectivity index (χ0n) is 8.89. The van der Waals surface area contributed by atoms with Crippen LogP contribution in [0.3, 0.4) is 0 Å². The van der Waals surface area contributed by atoms with Gasteiger partial charge in [-0.25, -0.2) is 0 Å². The third kappa shape index (κ3) is 2.25. The Balaban J connectivity index is 1.60. The van der Waals surface area contributed by atoms with Gasteiger partial charge in [0.15, 0.2) is 0 Å². The van der Waals surface area contributed by atoms with Crippen LogP contribution in [0.25, 0.3) is 0 Å². The van der Waals surface area contributed by atoms with E-state index in [0.717, 1.165) is 17.8 Å².